The van der Waals surface area contributed by atoms with E-state index in [1.54, 1.807) is 20.8 Å². The lowest BCUT2D eigenvalue weighted by atomic mass is 9.71. The number of hydrogen-bond acceptors (Lipinski definition) is 3. The van der Waals surface area contributed by atoms with Crippen molar-refractivity contribution in [1.82, 2.24) is 0 Å². The molecule has 1 unspecified atom stereocenters. The maximum atomic E-state index is 11.6. The van der Waals surface area contributed by atoms with Gasteiger partial charge >= 0.3 is 7.60 Å². The summed E-state index contributed by atoms with van der Waals surface area (Å²) in [5, 5.41) is 9.17. The number of hydrogen-bond donors (Lipinski definition) is 2. The van der Waals surface area contributed by atoms with Gasteiger partial charge in [0.2, 0.25) is 0 Å². The first-order chi connectivity index (χ1) is 7.13. The zero-order valence-corrected chi connectivity index (χ0v) is 11.1. The van der Waals surface area contributed by atoms with Crippen molar-refractivity contribution in [2.45, 2.75) is 52.1 Å². The van der Waals surface area contributed by atoms with E-state index in [-0.39, 0.29) is 6.42 Å². The van der Waals surface area contributed by atoms with Crippen molar-refractivity contribution in [2.24, 2.45) is 5.41 Å². The summed E-state index contributed by atoms with van der Waals surface area (Å²) >= 11 is 0. The molecular formula is C10H20O5P-. The second-order valence-corrected chi connectivity index (χ2v) is 6.16. The molecule has 0 aliphatic heterocycles. The van der Waals surface area contributed by atoms with Crippen LogP contribution in [0.4, 0.5) is 0 Å². The highest BCUT2D eigenvalue weighted by atomic mass is 31.2. The number of rotatable bonds is 6. The largest absolute Gasteiger partial charge is 0.549 e. The highest BCUT2D eigenvalue weighted by Gasteiger charge is 2.57. The maximum absolute atomic E-state index is 11.6. The Morgan fingerprint density at radius 3 is 1.62 bits per heavy atom. The second-order valence-electron chi connectivity index (χ2n) is 4.31. The molecule has 2 N–H and O–H groups in total. The van der Waals surface area contributed by atoms with Gasteiger partial charge in [0.15, 0.2) is 0 Å². The highest BCUT2D eigenvalue weighted by molar-refractivity contribution is 7.54. The molecule has 6 heteroatoms. The Morgan fingerprint density at radius 1 is 1.19 bits per heavy atom. The fraction of sp³-hybridized carbons (Fsp3) is 0.900. The Kier molecular flexibility index (Phi) is 4.75. The summed E-state index contributed by atoms with van der Waals surface area (Å²) in [5.41, 5.74) is -0.973. The molecule has 0 bridgehead atoms. The van der Waals surface area contributed by atoms with Gasteiger partial charge in [-0.15, -0.1) is 0 Å². The third-order valence-corrected chi connectivity index (χ3v) is 5.94. The monoisotopic (exact) mass is 251 g/mol. The number of carboxylic acids is 1. The van der Waals surface area contributed by atoms with E-state index in [1.165, 1.54) is 6.92 Å². The first-order valence-electron chi connectivity index (χ1n) is 5.40. The van der Waals surface area contributed by atoms with Gasteiger partial charge in [0.05, 0.1) is 5.97 Å². The number of carbonyl (C=O) groups excluding carboxylic acids is 1. The molecule has 0 radical (unpaired) electrons. The van der Waals surface area contributed by atoms with Crippen LogP contribution in [0.2, 0.25) is 0 Å². The molecule has 0 heterocycles. The summed E-state index contributed by atoms with van der Waals surface area (Å²) in [6.45, 7) is 6.52. The van der Waals surface area contributed by atoms with Gasteiger partial charge in [0.25, 0.3) is 0 Å². The quantitative estimate of drug-likeness (QED) is 0.683. The van der Waals surface area contributed by atoms with E-state index in [4.69, 9.17) is 0 Å². The van der Waals surface area contributed by atoms with Crippen molar-refractivity contribution in [3.8, 4) is 0 Å². The molecule has 0 aromatic heterocycles. The Labute approximate surface area is 96.0 Å². The molecule has 0 aliphatic rings. The average Bonchev–Trinajstić information content (AvgIpc) is 2.16. The zero-order chi connectivity index (χ0) is 13.2. The van der Waals surface area contributed by atoms with E-state index in [1.807, 2.05) is 0 Å². The van der Waals surface area contributed by atoms with Crippen molar-refractivity contribution < 1.29 is 24.3 Å². The van der Waals surface area contributed by atoms with Crippen LogP contribution in [-0.4, -0.2) is 20.9 Å². The Bertz CT molecular complexity index is 304. The molecular weight excluding hydrogens is 231 g/mol. The standard InChI is InChI=1S/C10H21O5P/c1-5-9(4,6-2)10(7-3,8(11)12)16(13,14)15/h5-7H2,1-4H3,(H,11,12)(H2,13,14,15)/p-1. The molecule has 0 aromatic carbocycles. The van der Waals surface area contributed by atoms with Crippen LogP contribution in [0.25, 0.3) is 0 Å². The number of carbonyl (C=O) groups is 1. The molecule has 0 rings (SSSR count). The van der Waals surface area contributed by atoms with Crippen molar-refractivity contribution >= 4 is 13.6 Å². The summed E-state index contributed by atoms with van der Waals surface area (Å²) in [7, 11) is -4.78. The summed E-state index contributed by atoms with van der Waals surface area (Å²) in [6.07, 6.45) is 0.602. The lowest BCUT2D eigenvalue weighted by molar-refractivity contribution is -0.313. The summed E-state index contributed by atoms with van der Waals surface area (Å²) < 4.78 is 11.6. The Balaban J connectivity index is 5.94. The second kappa shape index (κ2) is 4.86. The van der Waals surface area contributed by atoms with Crippen LogP contribution < -0.4 is 5.11 Å². The minimum atomic E-state index is -4.78. The van der Waals surface area contributed by atoms with Gasteiger partial charge in [-0.25, -0.2) is 0 Å². The number of aliphatic carboxylic acids is 1. The lowest BCUT2D eigenvalue weighted by Gasteiger charge is -2.48. The summed E-state index contributed by atoms with van der Waals surface area (Å²) in [6, 6.07) is 0. The molecule has 0 saturated carbocycles. The van der Waals surface area contributed by atoms with Crippen molar-refractivity contribution in [2.75, 3.05) is 0 Å². The van der Waals surface area contributed by atoms with Crippen LogP contribution in [0.5, 0.6) is 0 Å². The first kappa shape index (κ1) is 15.6. The lowest BCUT2D eigenvalue weighted by Crippen LogP contribution is -2.57. The predicted molar refractivity (Wildman–Crippen MR) is 58.8 cm³/mol. The zero-order valence-electron chi connectivity index (χ0n) is 10.2. The van der Waals surface area contributed by atoms with Crippen molar-refractivity contribution in [3.63, 3.8) is 0 Å². The Morgan fingerprint density at radius 2 is 1.56 bits per heavy atom. The SMILES string of the molecule is CCC(C)(CC)C(CC)(C(=O)[O-])P(=O)(O)O. The van der Waals surface area contributed by atoms with Gasteiger partial charge in [-0.2, -0.15) is 0 Å². The average molecular weight is 251 g/mol. The minimum Gasteiger partial charge on any atom is -0.549 e. The van der Waals surface area contributed by atoms with E-state index in [0.717, 1.165) is 0 Å². The van der Waals surface area contributed by atoms with E-state index < -0.39 is 24.1 Å². The van der Waals surface area contributed by atoms with Gasteiger partial charge < -0.3 is 19.7 Å². The van der Waals surface area contributed by atoms with Crippen LogP contribution in [0, 0.1) is 5.41 Å². The molecule has 96 valence electrons. The maximum Gasteiger partial charge on any atom is 0.337 e. The third-order valence-electron chi connectivity index (χ3n) is 3.91. The summed E-state index contributed by atoms with van der Waals surface area (Å²) in [4.78, 5) is 30.0. The van der Waals surface area contributed by atoms with E-state index in [9.17, 15) is 24.3 Å². The molecule has 0 aromatic rings. The van der Waals surface area contributed by atoms with Gasteiger partial charge in [0, 0.05) is 0 Å². The van der Waals surface area contributed by atoms with Gasteiger partial charge in [-0.05, 0) is 24.7 Å². The molecule has 16 heavy (non-hydrogen) atoms. The minimum absolute atomic E-state index is 0.141. The van der Waals surface area contributed by atoms with E-state index >= 15 is 0 Å². The van der Waals surface area contributed by atoms with Crippen LogP contribution >= 0.6 is 7.60 Å². The molecule has 5 nitrogen and oxygen atoms in total. The third kappa shape index (κ3) is 2.04. The van der Waals surface area contributed by atoms with Gasteiger partial charge in [-0.3, -0.25) is 4.57 Å². The molecule has 0 fully saturated rings. The van der Waals surface area contributed by atoms with Crippen LogP contribution in [0.3, 0.4) is 0 Å². The fourth-order valence-corrected chi connectivity index (χ4v) is 4.00. The number of carboxylic acid groups (broad SMARTS) is 1. The molecule has 0 aliphatic carbocycles. The van der Waals surface area contributed by atoms with Crippen LogP contribution in [0.1, 0.15) is 47.0 Å². The predicted octanol–water partition coefficient (Wildman–Crippen LogP) is 0.889. The molecule has 0 spiro atoms. The smallest absolute Gasteiger partial charge is 0.337 e. The van der Waals surface area contributed by atoms with E-state index in [0.29, 0.717) is 12.8 Å². The summed E-state index contributed by atoms with van der Waals surface area (Å²) in [5.74, 6) is -1.66. The Hall–Kier alpha value is -0.380. The first-order valence-corrected chi connectivity index (χ1v) is 7.01. The van der Waals surface area contributed by atoms with Crippen LogP contribution in [-0.2, 0) is 9.36 Å². The molecule has 0 saturated heterocycles. The normalized spacial score (nSPS) is 16.9. The molecule has 0 amide bonds. The van der Waals surface area contributed by atoms with Gasteiger partial charge in [0.1, 0.15) is 5.16 Å². The molecule has 1 atom stereocenters. The topological polar surface area (TPSA) is 97.7 Å². The van der Waals surface area contributed by atoms with Crippen molar-refractivity contribution in [3.05, 3.63) is 0 Å². The fourth-order valence-electron chi connectivity index (χ4n) is 2.33. The van der Waals surface area contributed by atoms with Gasteiger partial charge in [-0.1, -0.05) is 27.7 Å². The highest BCUT2D eigenvalue weighted by Crippen LogP contribution is 2.62. The van der Waals surface area contributed by atoms with E-state index in [2.05, 4.69) is 0 Å². The van der Waals surface area contributed by atoms with Crippen LogP contribution in [0.15, 0.2) is 0 Å². The van der Waals surface area contributed by atoms with Crippen molar-refractivity contribution in [1.29, 1.82) is 0 Å².